The quantitative estimate of drug-likeness (QED) is 0.707. The summed E-state index contributed by atoms with van der Waals surface area (Å²) in [7, 11) is 0. The van der Waals surface area contributed by atoms with E-state index in [-0.39, 0.29) is 11.1 Å². The molecule has 152 valence electrons. The number of nitrogens with one attached hydrogen (secondary N) is 1. The van der Waals surface area contributed by atoms with Gasteiger partial charge in [-0.15, -0.1) is 0 Å². The Hall–Kier alpha value is -2.60. The molecule has 1 aromatic rings. The maximum Gasteiger partial charge on any atom is 0.449 e. The molecule has 13 heteroatoms. The summed E-state index contributed by atoms with van der Waals surface area (Å²) in [4.78, 5) is 17.4. The maximum absolute atomic E-state index is 13.8. The van der Waals surface area contributed by atoms with Crippen molar-refractivity contribution < 1.29 is 44.3 Å². The number of rotatable bonds is 1. The summed E-state index contributed by atoms with van der Waals surface area (Å²) in [5, 5.41) is 0.758. The van der Waals surface area contributed by atoms with Gasteiger partial charge in [0.15, 0.2) is 5.78 Å². The van der Waals surface area contributed by atoms with Gasteiger partial charge >= 0.3 is 18.5 Å². The Balaban J connectivity index is 2.26. The third kappa shape index (κ3) is 3.11. The van der Waals surface area contributed by atoms with Crippen molar-refractivity contribution in [2.75, 3.05) is 0 Å². The number of hydrogen-bond donors (Lipinski definition) is 1. The lowest BCUT2D eigenvalue weighted by atomic mass is 9.88. The molecule has 2 aliphatic rings. The molecule has 0 unspecified atom stereocenters. The lowest BCUT2D eigenvalue weighted by molar-refractivity contribution is -0.194. The first-order chi connectivity index (χ1) is 12.7. The summed E-state index contributed by atoms with van der Waals surface area (Å²) in [6.45, 7) is 0. The fourth-order valence-electron chi connectivity index (χ4n) is 3.05. The Morgan fingerprint density at radius 1 is 0.893 bits per heavy atom. The van der Waals surface area contributed by atoms with Crippen LogP contribution in [0.15, 0.2) is 34.3 Å². The summed E-state index contributed by atoms with van der Waals surface area (Å²) in [6.07, 6.45) is -17.9. The number of nitrogens with zero attached hydrogens (tertiary/aromatic N) is 2. The largest absolute Gasteiger partial charge is 0.449 e. The molecule has 0 spiro atoms. The first-order valence-electron chi connectivity index (χ1n) is 7.47. The highest BCUT2D eigenvalue weighted by atomic mass is 19.4. The predicted octanol–water partition coefficient (Wildman–Crippen LogP) is 3.83. The first-order valence-corrected chi connectivity index (χ1v) is 7.47. The number of amidine groups is 2. The van der Waals surface area contributed by atoms with Crippen LogP contribution in [0.5, 0.6) is 0 Å². The van der Waals surface area contributed by atoms with Crippen LogP contribution in [0.25, 0.3) is 0 Å². The summed E-state index contributed by atoms with van der Waals surface area (Å²) in [5.41, 5.74) is -4.46. The van der Waals surface area contributed by atoms with Gasteiger partial charge in [0.25, 0.3) is 5.66 Å². The topological polar surface area (TPSA) is 53.8 Å². The molecule has 0 aromatic heterocycles. The zero-order chi connectivity index (χ0) is 21.1. The van der Waals surface area contributed by atoms with E-state index in [1.54, 1.807) is 0 Å². The van der Waals surface area contributed by atoms with Crippen LogP contribution in [-0.4, -0.2) is 41.6 Å². The Labute approximate surface area is 150 Å². The highest BCUT2D eigenvalue weighted by Crippen LogP contribution is 2.48. The summed E-state index contributed by atoms with van der Waals surface area (Å²) >= 11 is 0. The molecule has 0 radical (unpaired) electrons. The fraction of sp³-hybridized carbons (Fsp3) is 0.400. The van der Waals surface area contributed by atoms with Crippen LogP contribution in [0.2, 0.25) is 0 Å². The molecule has 4 nitrogen and oxygen atoms in total. The minimum Gasteiger partial charge on any atom is -0.317 e. The van der Waals surface area contributed by atoms with Crippen molar-refractivity contribution in [1.82, 2.24) is 5.32 Å². The predicted molar refractivity (Wildman–Crippen MR) is 76.9 cm³/mol. The van der Waals surface area contributed by atoms with Crippen LogP contribution in [0, 0.1) is 5.92 Å². The molecule has 1 aromatic carbocycles. The van der Waals surface area contributed by atoms with Crippen molar-refractivity contribution in [2.45, 2.75) is 30.6 Å². The third-order valence-corrected chi connectivity index (χ3v) is 4.26. The fourth-order valence-corrected chi connectivity index (χ4v) is 3.05. The number of aliphatic imine (C=N–C) groups is 2. The minimum atomic E-state index is -5.82. The zero-order valence-electron chi connectivity index (χ0n) is 13.3. The van der Waals surface area contributed by atoms with Gasteiger partial charge in [-0.3, -0.25) is 4.79 Å². The molecule has 3 rings (SSSR count). The average Bonchev–Trinajstić information content (AvgIpc) is 2.89. The monoisotopic (exact) mass is 417 g/mol. The number of alkyl halides is 9. The molecule has 0 fully saturated rings. The number of fused-ring (bicyclic) bond motifs is 1. The minimum absolute atomic E-state index is 0.0483. The number of carbonyl (C=O) groups is 1. The Morgan fingerprint density at radius 3 is 1.82 bits per heavy atom. The molecule has 1 aliphatic carbocycles. The Morgan fingerprint density at radius 2 is 1.39 bits per heavy atom. The molecule has 1 N–H and O–H groups in total. The number of ketones is 1. The van der Waals surface area contributed by atoms with E-state index in [9.17, 15) is 44.3 Å². The van der Waals surface area contributed by atoms with Crippen LogP contribution in [0.3, 0.4) is 0 Å². The second-order valence-corrected chi connectivity index (χ2v) is 6.04. The van der Waals surface area contributed by atoms with Gasteiger partial charge in [-0.2, -0.15) is 39.5 Å². The third-order valence-electron chi connectivity index (χ3n) is 4.26. The van der Waals surface area contributed by atoms with E-state index in [4.69, 9.17) is 0 Å². The van der Waals surface area contributed by atoms with Crippen LogP contribution in [0.4, 0.5) is 39.5 Å². The van der Waals surface area contributed by atoms with Crippen molar-refractivity contribution in [3.63, 3.8) is 0 Å². The lowest BCUT2D eigenvalue weighted by Crippen LogP contribution is -2.60. The Kier molecular flexibility index (Phi) is 4.28. The Bertz CT molecular complexity index is 850. The van der Waals surface area contributed by atoms with Crippen molar-refractivity contribution in [1.29, 1.82) is 0 Å². The molecule has 28 heavy (non-hydrogen) atoms. The summed E-state index contributed by atoms with van der Waals surface area (Å²) < 4.78 is 120. The van der Waals surface area contributed by atoms with E-state index < -0.39 is 54.0 Å². The number of benzene rings is 1. The smallest absolute Gasteiger partial charge is 0.317 e. The van der Waals surface area contributed by atoms with Crippen LogP contribution in [0.1, 0.15) is 15.9 Å². The van der Waals surface area contributed by atoms with Gasteiger partial charge in [0.05, 0.1) is 5.92 Å². The maximum atomic E-state index is 13.8. The van der Waals surface area contributed by atoms with Crippen LogP contribution < -0.4 is 5.32 Å². The van der Waals surface area contributed by atoms with Crippen molar-refractivity contribution >= 4 is 17.5 Å². The summed E-state index contributed by atoms with van der Waals surface area (Å²) in [5.74, 6) is -8.76. The van der Waals surface area contributed by atoms with E-state index in [1.807, 2.05) is 0 Å². The molecule has 1 atom stereocenters. The molecule has 1 heterocycles. The van der Waals surface area contributed by atoms with Crippen molar-refractivity contribution in [3.8, 4) is 0 Å². The average molecular weight is 417 g/mol. The zero-order valence-corrected chi connectivity index (χ0v) is 13.3. The molecule has 1 aliphatic heterocycles. The molecule has 0 saturated carbocycles. The van der Waals surface area contributed by atoms with Gasteiger partial charge in [-0.25, -0.2) is 9.98 Å². The standard InChI is InChI=1S/C15H8F9N3O/c16-13(17,18)10-25-11(14(19,20)21)27-12(26-10,15(22,23)24)8-5-6-3-1-2-4-7(6)9(8)28/h1-4,8H,5H2,(H,25,26,27)/t8-/m1/s1. The van der Waals surface area contributed by atoms with Gasteiger partial charge < -0.3 is 5.32 Å². The van der Waals surface area contributed by atoms with E-state index >= 15 is 0 Å². The normalized spacial score (nSPS) is 22.3. The van der Waals surface area contributed by atoms with Gasteiger partial charge in [-0.1, -0.05) is 24.3 Å². The summed E-state index contributed by atoms with van der Waals surface area (Å²) in [6, 6.07) is 5.05. The van der Waals surface area contributed by atoms with Gasteiger partial charge in [0.1, 0.15) is 0 Å². The molecular weight excluding hydrogens is 409 g/mol. The van der Waals surface area contributed by atoms with Crippen LogP contribution in [-0.2, 0) is 6.42 Å². The van der Waals surface area contributed by atoms with Crippen molar-refractivity contribution in [2.24, 2.45) is 15.9 Å². The molecule has 0 saturated heterocycles. The number of carbonyl (C=O) groups excluding carboxylic acids is 1. The number of Topliss-reactive ketones (excluding diaryl/α,β-unsaturated/α-hetero) is 1. The van der Waals surface area contributed by atoms with Crippen molar-refractivity contribution in [3.05, 3.63) is 35.4 Å². The van der Waals surface area contributed by atoms with E-state index in [1.165, 1.54) is 18.2 Å². The molecule has 0 amide bonds. The lowest BCUT2D eigenvalue weighted by Gasteiger charge is -2.37. The van der Waals surface area contributed by atoms with E-state index in [0.717, 1.165) is 11.4 Å². The second kappa shape index (κ2) is 5.95. The highest BCUT2D eigenvalue weighted by molar-refractivity contribution is 6.09. The number of halogens is 9. The van der Waals surface area contributed by atoms with E-state index in [2.05, 4.69) is 9.98 Å². The SMILES string of the molecule is O=C1c2ccccc2C[C@H]1C1(C(F)(F)F)N=C(C(F)(F)F)NC(C(F)(F)F)=N1. The van der Waals surface area contributed by atoms with Gasteiger partial charge in [-0.05, 0) is 12.0 Å². The van der Waals surface area contributed by atoms with Crippen LogP contribution >= 0.6 is 0 Å². The second-order valence-electron chi connectivity index (χ2n) is 6.04. The first kappa shape index (κ1) is 20.1. The van der Waals surface area contributed by atoms with Gasteiger partial charge in [0.2, 0.25) is 11.7 Å². The van der Waals surface area contributed by atoms with E-state index in [0.29, 0.717) is 0 Å². The molecule has 0 bridgehead atoms. The van der Waals surface area contributed by atoms with Gasteiger partial charge in [0, 0.05) is 5.56 Å². The number of hydrogen-bond acceptors (Lipinski definition) is 4. The highest BCUT2D eigenvalue weighted by Gasteiger charge is 2.67. The molecular formula is C15H8F9N3O.